The van der Waals surface area contributed by atoms with Crippen molar-refractivity contribution in [3.05, 3.63) is 59.7 Å². The number of hydrogen-bond donors (Lipinski definition) is 1. The van der Waals surface area contributed by atoms with Crippen LogP contribution in [0.1, 0.15) is 42.6 Å². The monoisotopic (exact) mass is 398 g/mol. The van der Waals surface area contributed by atoms with Crippen molar-refractivity contribution in [1.82, 2.24) is 15.2 Å². The van der Waals surface area contributed by atoms with Crippen LogP contribution in [0.15, 0.2) is 42.7 Å². The molecule has 0 saturated carbocycles. The lowest BCUT2D eigenvalue weighted by Crippen LogP contribution is -2.38. The Balaban J connectivity index is 1.89. The maximum absolute atomic E-state index is 13.9. The van der Waals surface area contributed by atoms with Crippen LogP contribution in [-0.2, 0) is 6.54 Å². The molecule has 0 bridgehead atoms. The van der Waals surface area contributed by atoms with E-state index in [-0.39, 0.29) is 11.7 Å². The van der Waals surface area contributed by atoms with Gasteiger partial charge in [0.1, 0.15) is 5.82 Å². The van der Waals surface area contributed by atoms with E-state index in [1.165, 1.54) is 12.1 Å². The number of halogens is 1. The Hall–Kier alpha value is -2.31. The van der Waals surface area contributed by atoms with Crippen molar-refractivity contribution in [2.75, 3.05) is 37.6 Å². The molecule has 0 atom stereocenters. The van der Waals surface area contributed by atoms with Crippen LogP contribution in [0.4, 0.5) is 10.1 Å². The third kappa shape index (κ3) is 6.08. The highest BCUT2D eigenvalue weighted by molar-refractivity contribution is 6.06. The van der Waals surface area contributed by atoms with Crippen molar-refractivity contribution < 1.29 is 9.18 Å². The zero-order chi connectivity index (χ0) is 20.6. The number of nitrogens with zero attached hydrogens (tertiary/aromatic N) is 3. The number of hydrogen-bond acceptors (Lipinski definition) is 4. The van der Waals surface area contributed by atoms with E-state index >= 15 is 0 Å². The van der Waals surface area contributed by atoms with Crippen LogP contribution in [-0.4, -0.2) is 48.5 Å². The summed E-state index contributed by atoms with van der Waals surface area (Å²) in [5, 5.41) is 3.42. The Bertz CT molecular complexity index is 797. The molecule has 1 aromatic carbocycles. The molecule has 1 aromatic heterocycles. The van der Waals surface area contributed by atoms with Gasteiger partial charge in [-0.05, 0) is 74.3 Å². The summed E-state index contributed by atoms with van der Waals surface area (Å²) in [7, 11) is 0. The fourth-order valence-corrected chi connectivity index (χ4v) is 3.85. The highest BCUT2D eigenvalue weighted by Crippen LogP contribution is 2.24. The van der Waals surface area contributed by atoms with Crippen LogP contribution in [0.2, 0.25) is 0 Å². The van der Waals surface area contributed by atoms with Gasteiger partial charge in [0.25, 0.3) is 5.91 Å². The highest BCUT2D eigenvalue weighted by atomic mass is 19.1. The molecule has 156 valence electrons. The van der Waals surface area contributed by atoms with E-state index in [0.717, 1.165) is 50.3 Å². The van der Waals surface area contributed by atoms with Crippen LogP contribution in [0.25, 0.3) is 0 Å². The Morgan fingerprint density at radius 3 is 2.79 bits per heavy atom. The zero-order valence-corrected chi connectivity index (χ0v) is 17.4. The van der Waals surface area contributed by atoms with Crippen LogP contribution in [0, 0.1) is 11.7 Å². The van der Waals surface area contributed by atoms with Crippen molar-refractivity contribution in [3.63, 3.8) is 0 Å². The summed E-state index contributed by atoms with van der Waals surface area (Å²) < 4.78 is 13.9. The zero-order valence-electron chi connectivity index (χ0n) is 17.4. The average molecular weight is 399 g/mol. The minimum atomic E-state index is -0.283. The molecule has 5 nitrogen and oxygen atoms in total. The van der Waals surface area contributed by atoms with Gasteiger partial charge in [-0.1, -0.05) is 13.8 Å². The normalized spacial score (nSPS) is 16.8. The smallest absolute Gasteiger partial charge is 0.259 e. The van der Waals surface area contributed by atoms with Gasteiger partial charge in [0.15, 0.2) is 0 Å². The van der Waals surface area contributed by atoms with Gasteiger partial charge in [0.2, 0.25) is 0 Å². The van der Waals surface area contributed by atoms with Crippen LogP contribution >= 0.6 is 0 Å². The molecule has 0 fully saturated rings. The number of benzene rings is 1. The predicted molar refractivity (Wildman–Crippen MR) is 115 cm³/mol. The maximum Gasteiger partial charge on any atom is 0.259 e. The SMILES string of the molecule is CC(C)CN1CCCNCc2cc(F)ccc2N(C(=O)c2cccnc2)CCC1. The van der Waals surface area contributed by atoms with Gasteiger partial charge >= 0.3 is 0 Å². The largest absolute Gasteiger partial charge is 0.313 e. The number of pyridine rings is 1. The summed E-state index contributed by atoms with van der Waals surface area (Å²) in [6.07, 6.45) is 5.16. The molecule has 3 rings (SSSR count). The molecule has 0 aliphatic carbocycles. The molecule has 6 heteroatoms. The number of carbonyl (C=O) groups is 1. The fourth-order valence-electron chi connectivity index (χ4n) is 3.85. The predicted octanol–water partition coefficient (Wildman–Crippen LogP) is 3.71. The van der Waals surface area contributed by atoms with Crippen molar-refractivity contribution in [1.29, 1.82) is 0 Å². The van der Waals surface area contributed by atoms with Gasteiger partial charge in [0, 0.05) is 37.7 Å². The molecule has 2 heterocycles. The number of carbonyl (C=O) groups excluding carboxylic acids is 1. The van der Waals surface area contributed by atoms with E-state index in [1.807, 2.05) is 0 Å². The summed E-state index contributed by atoms with van der Waals surface area (Å²) in [6, 6.07) is 8.22. The molecule has 1 N–H and O–H groups in total. The average Bonchev–Trinajstić information content (AvgIpc) is 2.70. The fraction of sp³-hybridized carbons (Fsp3) is 0.478. The highest BCUT2D eigenvalue weighted by Gasteiger charge is 2.21. The number of amides is 1. The summed E-state index contributed by atoms with van der Waals surface area (Å²) >= 11 is 0. The molecule has 1 aliphatic heterocycles. The molecule has 0 spiro atoms. The summed E-state index contributed by atoms with van der Waals surface area (Å²) in [5.74, 6) is 0.223. The minimum Gasteiger partial charge on any atom is -0.313 e. The Morgan fingerprint density at radius 1 is 1.21 bits per heavy atom. The molecule has 2 aromatic rings. The van der Waals surface area contributed by atoms with E-state index in [2.05, 4.69) is 29.0 Å². The van der Waals surface area contributed by atoms with Gasteiger partial charge in [-0.15, -0.1) is 0 Å². The van der Waals surface area contributed by atoms with Gasteiger partial charge in [-0.25, -0.2) is 4.39 Å². The van der Waals surface area contributed by atoms with Crippen molar-refractivity contribution in [2.24, 2.45) is 5.92 Å². The number of fused-ring (bicyclic) bond motifs is 1. The Labute approximate surface area is 172 Å². The summed E-state index contributed by atoms with van der Waals surface area (Å²) in [4.78, 5) is 21.6. The molecular formula is C23H31FN4O. The lowest BCUT2D eigenvalue weighted by atomic mass is 10.1. The van der Waals surface area contributed by atoms with Crippen LogP contribution < -0.4 is 10.2 Å². The summed E-state index contributed by atoms with van der Waals surface area (Å²) in [5.41, 5.74) is 2.12. The molecule has 1 aliphatic rings. The van der Waals surface area contributed by atoms with Crippen LogP contribution in [0.5, 0.6) is 0 Å². The lowest BCUT2D eigenvalue weighted by Gasteiger charge is -2.29. The van der Waals surface area contributed by atoms with E-state index in [4.69, 9.17) is 0 Å². The Morgan fingerprint density at radius 2 is 2.03 bits per heavy atom. The van der Waals surface area contributed by atoms with E-state index in [1.54, 1.807) is 35.5 Å². The number of aromatic nitrogens is 1. The van der Waals surface area contributed by atoms with E-state index in [9.17, 15) is 9.18 Å². The van der Waals surface area contributed by atoms with E-state index in [0.29, 0.717) is 24.6 Å². The topological polar surface area (TPSA) is 48.5 Å². The molecule has 0 unspecified atom stereocenters. The second-order valence-corrected chi connectivity index (χ2v) is 8.05. The van der Waals surface area contributed by atoms with Crippen molar-refractivity contribution in [2.45, 2.75) is 33.2 Å². The second-order valence-electron chi connectivity index (χ2n) is 8.05. The van der Waals surface area contributed by atoms with Gasteiger partial charge in [-0.3, -0.25) is 9.78 Å². The third-order valence-electron chi connectivity index (χ3n) is 5.11. The van der Waals surface area contributed by atoms with Gasteiger partial charge in [-0.2, -0.15) is 0 Å². The van der Waals surface area contributed by atoms with Crippen LogP contribution in [0.3, 0.4) is 0 Å². The molecule has 1 amide bonds. The first-order chi connectivity index (χ1) is 14.0. The molecule has 0 saturated heterocycles. The van der Waals surface area contributed by atoms with Crippen molar-refractivity contribution >= 4 is 11.6 Å². The summed E-state index contributed by atoms with van der Waals surface area (Å²) in [6.45, 7) is 9.46. The molecule has 29 heavy (non-hydrogen) atoms. The lowest BCUT2D eigenvalue weighted by molar-refractivity contribution is 0.0984. The quantitative estimate of drug-likeness (QED) is 0.856. The number of anilines is 1. The van der Waals surface area contributed by atoms with Gasteiger partial charge < -0.3 is 15.1 Å². The number of rotatable bonds is 3. The van der Waals surface area contributed by atoms with Crippen molar-refractivity contribution in [3.8, 4) is 0 Å². The molecular weight excluding hydrogens is 367 g/mol. The second kappa shape index (κ2) is 10.5. The van der Waals surface area contributed by atoms with E-state index < -0.39 is 0 Å². The first kappa shape index (κ1) is 21.4. The third-order valence-corrected chi connectivity index (χ3v) is 5.11. The standard InChI is InChI=1S/C23H31FN4O/c1-18(2)17-27-11-4-10-26-16-20-14-21(24)7-8-22(20)28(13-5-12-27)23(29)19-6-3-9-25-15-19/h3,6-9,14-15,18,26H,4-5,10-13,16-17H2,1-2H3. The Kier molecular flexibility index (Phi) is 7.72. The van der Waals surface area contributed by atoms with Gasteiger partial charge in [0.05, 0.1) is 5.56 Å². The number of nitrogens with one attached hydrogen (secondary N) is 1. The maximum atomic E-state index is 13.9. The molecule has 0 radical (unpaired) electrons. The first-order valence-electron chi connectivity index (χ1n) is 10.5. The minimum absolute atomic E-state index is 0.0987. The first-order valence-corrected chi connectivity index (χ1v) is 10.5.